The van der Waals surface area contributed by atoms with Crippen molar-refractivity contribution in [3.8, 4) is 0 Å². The average Bonchev–Trinajstić information content (AvgIpc) is 2.21. The summed E-state index contributed by atoms with van der Waals surface area (Å²) in [6.45, 7) is 7.50. The molecule has 1 aromatic rings. The monoisotopic (exact) mass is 348 g/mol. The van der Waals surface area contributed by atoms with E-state index in [2.05, 4.69) is 62.9 Å². The molecule has 0 spiro atoms. The van der Waals surface area contributed by atoms with Crippen LogP contribution in [0.4, 0.5) is 0 Å². The van der Waals surface area contributed by atoms with Crippen molar-refractivity contribution in [2.75, 3.05) is 0 Å². The fourth-order valence-corrected chi connectivity index (χ4v) is 2.78. The van der Waals surface area contributed by atoms with E-state index in [9.17, 15) is 0 Å². The standard InChI is InChI=1S/C12H18Br2N2/c1-4-11(8(2)3)16-7-12-10(14)5-9(13)6-15-12/h5-6,8,11,16H,4,7H2,1-3H3. The summed E-state index contributed by atoms with van der Waals surface area (Å²) in [4.78, 5) is 4.39. The van der Waals surface area contributed by atoms with Gasteiger partial charge in [0.1, 0.15) is 0 Å². The molecule has 0 aliphatic rings. The second-order valence-corrected chi connectivity index (χ2v) is 5.99. The Morgan fingerprint density at radius 2 is 2.06 bits per heavy atom. The molecule has 0 aliphatic heterocycles. The molecular weight excluding hydrogens is 332 g/mol. The summed E-state index contributed by atoms with van der Waals surface area (Å²) in [5, 5.41) is 3.54. The number of nitrogens with one attached hydrogen (secondary N) is 1. The Hall–Kier alpha value is 0.0700. The maximum atomic E-state index is 4.39. The molecule has 0 radical (unpaired) electrons. The lowest BCUT2D eigenvalue weighted by molar-refractivity contribution is 0.385. The van der Waals surface area contributed by atoms with Crippen molar-refractivity contribution < 1.29 is 0 Å². The van der Waals surface area contributed by atoms with Crippen molar-refractivity contribution >= 4 is 31.9 Å². The molecule has 1 atom stereocenters. The summed E-state index contributed by atoms with van der Waals surface area (Å²) in [7, 11) is 0. The molecule has 16 heavy (non-hydrogen) atoms. The molecule has 0 aliphatic carbocycles. The number of halogens is 2. The van der Waals surface area contributed by atoms with Crippen LogP contribution in [-0.4, -0.2) is 11.0 Å². The van der Waals surface area contributed by atoms with Gasteiger partial charge in [0.2, 0.25) is 0 Å². The van der Waals surface area contributed by atoms with Crippen molar-refractivity contribution in [3.05, 3.63) is 26.9 Å². The Kier molecular flexibility index (Phi) is 5.94. The van der Waals surface area contributed by atoms with Crippen LogP contribution in [0, 0.1) is 5.92 Å². The van der Waals surface area contributed by atoms with Gasteiger partial charge in [-0.25, -0.2) is 0 Å². The van der Waals surface area contributed by atoms with Gasteiger partial charge in [-0.2, -0.15) is 0 Å². The van der Waals surface area contributed by atoms with Gasteiger partial charge in [0.05, 0.1) is 5.69 Å². The summed E-state index contributed by atoms with van der Waals surface area (Å²) in [5.74, 6) is 0.652. The van der Waals surface area contributed by atoms with Gasteiger partial charge < -0.3 is 5.32 Å². The largest absolute Gasteiger partial charge is 0.308 e. The molecule has 0 fully saturated rings. The van der Waals surface area contributed by atoms with E-state index in [4.69, 9.17) is 0 Å². The highest BCUT2D eigenvalue weighted by Crippen LogP contribution is 2.19. The molecule has 1 unspecified atom stereocenters. The Morgan fingerprint density at radius 1 is 1.38 bits per heavy atom. The topological polar surface area (TPSA) is 24.9 Å². The predicted octanol–water partition coefficient (Wildman–Crippen LogP) is 4.13. The van der Waals surface area contributed by atoms with Crippen molar-refractivity contribution in [2.45, 2.75) is 39.8 Å². The van der Waals surface area contributed by atoms with Gasteiger partial charge in [0, 0.05) is 27.7 Å². The molecule has 90 valence electrons. The molecule has 1 aromatic heterocycles. The van der Waals surface area contributed by atoms with Crippen LogP contribution in [0.15, 0.2) is 21.2 Å². The molecule has 1 heterocycles. The van der Waals surface area contributed by atoms with Gasteiger partial charge >= 0.3 is 0 Å². The lowest BCUT2D eigenvalue weighted by Crippen LogP contribution is -2.32. The Bertz CT molecular complexity index is 340. The van der Waals surface area contributed by atoms with Crippen LogP contribution in [0.3, 0.4) is 0 Å². The molecular formula is C12H18Br2N2. The fourth-order valence-electron chi connectivity index (χ4n) is 1.65. The Balaban J connectivity index is 2.60. The number of rotatable bonds is 5. The van der Waals surface area contributed by atoms with Crippen LogP contribution < -0.4 is 5.32 Å². The first-order valence-corrected chi connectivity index (χ1v) is 7.16. The molecule has 0 saturated heterocycles. The SMILES string of the molecule is CCC(NCc1ncc(Br)cc1Br)C(C)C. The number of hydrogen-bond donors (Lipinski definition) is 1. The third kappa shape index (κ3) is 4.15. The second-order valence-electron chi connectivity index (χ2n) is 4.22. The maximum Gasteiger partial charge on any atom is 0.0684 e. The third-order valence-corrected chi connectivity index (χ3v) is 3.78. The number of pyridine rings is 1. The lowest BCUT2D eigenvalue weighted by Gasteiger charge is -2.20. The van der Waals surface area contributed by atoms with E-state index in [-0.39, 0.29) is 0 Å². The predicted molar refractivity (Wildman–Crippen MR) is 75.4 cm³/mol. The van der Waals surface area contributed by atoms with Gasteiger partial charge in [-0.15, -0.1) is 0 Å². The molecule has 2 nitrogen and oxygen atoms in total. The zero-order valence-corrected chi connectivity index (χ0v) is 13.1. The van der Waals surface area contributed by atoms with E-state index in [0.717, 1.165) is 27.6 Å². The second kappa shape index (κ2) is 6.72. The molecule has 0 amide bonds. The summed E-state index contributed by atoms with van der Waals surface area (Å²) in [5.41, 5.74) is 1.06. The van der Waals surface area contributed by atoms with Gasteiger partial charge in [-0.05, 0) is 50.3 Å². The Morgan fingerprint density at radius 3 is 2.56 bits per heavy atom. The fraction of sp³-hybridized carbons (Fsp3) is 0.583. The highest BCUT2D eigenvalue weighted by Gasteiger charge is 2.11. The summed E-state index contributed by atoms with van der Waals surface area (Å²) >= 11 is 6.92. The first kappa shape index (κ1) is 14.1. The van der Waals surface area contributed by atoms with Gasteiger partial charge in [-0.1, -0.05) is 20.8 Å². The highest BCUT2D eigenvalue weighted by atomic mass is 79.9. The molecule has 4 heteroatoms. The molecule has 0 bridgehead atoms. The van der Waals surface area contributed by atoms with Crippen LogP contribution in [0.5, 0.6) is 0 Å². The minimum absolute atomic E-state index is 0.553. The molecule has 0 aromatic carbocycles. The highest BCUT2D eigenvalue weighted by molar-refractivity contribution is 9.11. The van der Waals surface area contributed by atoms with Crippen LogP contribution in [0.1, 0.15) is 32.9 Å². The van der Waals surface area contributed by atoms with Crippen molar-refractivity contribution in [3.63, 3.8) is 0 Å². The van der Waals surface area contributed by atoms with Crippen LogP contribution in [-0.2, 0) is 6.54 Å². The Labute approximate surface area is 114 Å². The number of hydrogen-bond acceptors (Lipinski definition) is 2. The van der Waals surface area contributed by atoms with Crippen LogP contribution in [0.25, 0.3) is 0 Å². The van der Waals surface area contributed by atoms with Crippen molar-refractivity contribution in [1.82, 2.24) is 10.3 Å². The van der Waals surface area contributed by atoms with Crippen LogP contribution in [0.2, 0.25) is 0 Å². The van der Waals surface area contributed by atoms with E-state index >= 15 is 0 Å². The van der Waals surface area contributed by atoms with E-state index in [0.29, 0.717) is 12.0 Å². The molecule has 1 rings (SSSR count). The van der Waals surface area contributed by atoms with E-state index in [1.54, 1.807) is 0 Å². The average molecular weight is 350 g/mol. The van der Waals surface area contributed by atoms with Gasteiger partial charge in [0.15, 0.2) is 0 Å². The zero-order valence-electron chi connectivity index (χ0n) is 9.93. The van der Waals surface area contributed by atoms with Gasteiger partial charge in [-0.3, -0.25) is 4.98 Å². The lowest BCUT2D eigenvalue weighted by atomic mass is 10.0. The van der Waals surface area contributed by atoms with E-state index < -0.39 is 0 Å². The molecule has 0 saturated carbocycles. The first-order chi connectivity index (χ1) is 7.54. The van der Waals surface area contributed by atoms with Crippen molar-refractivity contribution in [2.24, 2.45) is 5.92 Å². The normalized spacial score (nSPS) is 13.1. The minimum Gasteiger partial charge on any atom is -0.308 e. The third-order valence-electron chi connectivity index (χ3n) is 2.66. The smallest absolute Gasteiger partial charge is 0.0684 e. The van der Waals surface area contributed by atoms with Crippen LogP contribution >= 0.6 is 31.9 Å². The summed E-state index contributed by atoms with van der Waals surface area (Å²) in [6.07, 6.45) is 2.98. The van der Waals surface area contributed by atoms with E-state index in [1.165, 1.54) is 0 Å². The summed E-state index contributed by atoms with van der Waals surface area (Å²) in [6, 6.07) is 2.58. The number of aromatic nitrogens is 1. The molecule has 1 N–H and O–H groups in total. The van der Waals surface area contributed by atoms with Crippen molar-refractivity contribution in [1.29, 1.82) is 0 Å². The van der Waals surface area contributed by atoms with E-state index in [1.807, 2.05) is 12.3 Å². The quantitative estimate of drug-likeness (QED) is 0.864. The van der Waals surface area contributed by atoms with Gasteiger partial charge in [0.25, 0.3) is 0 Å². The zero-order chi connectivity index (χ0) is 12.1. The minimum atomic E-state index is 0.553. The summed E-state index contributed by atoms with van der Waals surface area (Å²) < 4.78 is 2.05. The maximum absolute atomic E-state index is 4.39. The first-order valence-electron chi connectivity index (χ1n) is 5.57. The number of nitrogens with zero attached hydrogens (tertiary/aromatic N) is 1.